The van der Waals surface area contributed by atoms with Crippen molar-refractivity contribution in [1.82, 2.24) is 19.2 Å². The molecule has 6 aromatic rings. The summed E-state index contributed by atoms with van der Waals surface area (Å²) >= 11 is 2.69. The van der Waals surface area contributed by atoms with Crippen molar-refractivity contribution >= 4 is 45.5 Å². The smallest absolute Gasteiger partial charge is 0.375 e. The number of halogens is 8. The van der Waals surface area contributed by atoms with Crippen molar-refractivity contribution in [3.63, 3.8) is 0 Å². The second-order valence-corrected chi connectivity index (χ2v) is 21.0. The zero-order valence-electron chi connectivity index (χ0n) is 40.1. The third-order valence-corrected chi connectivity index (χ3v) is 16.6. The third-order valence-electron chi connectivity index (χ3n) is 13.4. The molecule has 2 fully saturated rings. The molecule has 4 aromatic carbocycles. The summed E-state index contributed by atoms with van der Waals surface area (Å²) in [7, 11) is -7.34. The average molecular weight is 1120 g/mol. The number of thioether (sulfide) groups is 2. The fourth-order valence-electron chi connectivity index (χ4n) is 10.1. The van der Waals surface area contributed by atoms with Gasteiger partial charge >= 0.3 is 15.6 Å². The van der Waals surface area contributed by atoms with Crippen LogP contribution in [-0.4, -0.2) is 104 Å². The van der Waals surface area contributed by atoms with Gasteiger partial charge in [-0.3, -0.25) is 42.9 Å². The molecule has 0 bridgehead atoms. The number of amides is 2. The zero-order chi connectivity index (χ0) is 54.7. The first-order valence-corrected chi connectivity index (χ1v) is 26.3. The highest BCUT2D eigenvalue weighted by atomic mass is 32.2. The molecule has 4 atom stereocenters. The van der Waals surface area contributed by atoms with Gasteiger partial charge in [-0.15, -0.1) is 23.5 Å². The van der Waals surface area contributed by atoms with Crippen LogP contribution in [0.5, 0.6) is 5.75 Å². The van der Waals surface area contributed by atoms with Crippen LogP contribution in [0.25, 0.3) is 0 Å². The number of morpholine rings is 2. The Morgan fingerprint density at radius 1 is 0.658 bits per heavy atom. The molecule has 2 aromatic heterocycles. The van der Waals surface area contributed by atoms with Gasteiger partial charge in [0.2, 0.25) is 11.2 Å². The minimum atomic E-state index is -6.34. The molecule has 2 amide bonds. The van der Waals surface area contributed by atoms with Crippen LogP contribution >= 0.6 is 23.5 Å². The van der Waals surface area contributed by atoms with E-state index in [4.69, 9.17) is 10.8 Å². The molecule has 0 radical (unpaired) electrons. The van der Waals surface area contributed by atoms with E-state index in [1.54, 1.807) is 46.1 Å². The zero-order valence-corrected chi connectivity index (χ0v) is 41.5. The number of pyridine rings is 2. The Morgan fingerprint density at radius 2 is 1.14 bits per heavy atom. The number of carbonyl (C=O) groups excluding carboxylic acids is 2. The maximum Gasteiger partial charge on any atom is 0.534 e. The molecule has 76 heavy (non-hydrogen) atoms. The normalized spacial score (nSPS) is 20.7. The van der Waals surface area contributed by atoms with E-state index >= 15 is 8.78 Å². The molecule has 26 heteroatoms. The Bertz CT molecular complexity index is 3580. The molecule has 0 unspecified atom stereocenters. The predicted molar refractivity (Wildman–Crippen MR) is 260 cm³/mol. The predicted octanol–water partition coefficient (Wildman–Crippen LogP) is 7.36. The largest absolute Gasteiger partial charge is 0.534 e. The summed E-state index contributed by atoms with van der Waals surface area (Å²) in [4.78, 5) is 56.3. The molecule has 15 nitrogen and oxygen atoms in total. The number of rotatable bonds is 4. The van der Waals surface area contributed by atoms with Gasteiger partial charge in [-0.05, 0) is 46.5 Å². The van der Waals surface area contributed by atoms with Gasteiger partial charge in [0.05, 0.1) is 47.0 Å². The van der Waals surface area contributed by atoms with Crippen LogP contribution in [0, 0.1) is 23.3 Å². The molecule has 0 N–H and O–H groups in total. The maximum absolute atomic E-state index is 15.2. The number of hydrogen-bond donors (Lipinski definition) is 0. The molecule has 2 saturated heterocycles. The summed E-state index contributed by atoms with van der Waals surface area (Å²) in [5.41, 5.74) is -5.26. The van der Waals surface area contributed by atoms with Crippen LogP contribution in [0.2, 0.25) is 0 Å². The first-order chi connectivity index (χ1) is 36.9. The maximum atomic E-state index is 15.2. The van der Waals surface area contributed by atoms with E-state index in [0.29, 0.717) is 34.7 Å². The van der Waals surface area contributed by atoms with E-state index in [0.717, 1.165) is 39.5 Å². The van der Waals surface area contributed by atoms with E-state index in [9.17, 15) is 53.9 Å². The van der Waals surface area contributed by atoms with Gasteiger partial charge < -0.3 is 23.5 Å². The summed E-state index contributed by atoms with van der Waals surface area (Å²) in [6, 6.07) is 21.7. The molecule has 8 heterocycles. The average Bonchev–Trinajstić information content (AvgIpc) is 3.75. The lowest BCUT2D eigenvalue weighted by Gasteiger charge is -2.51. The number of fused-ring (bicyclic) bond motifs is 8. The Kier molecular flexibility index (Phi) is 13.9. The molecule has 12 rings (SSSR count). The van der Waals surface area contributed by atoms with Gasteiger partial charge in [-0.2, -0.15) is 21.6 Å². The van der Waals surface area contributed by atoms with Gasteiger partial charge in [-0.25, -0.2) is 17.6 Å². The van der Waals surface area contributed by atoms with Crippen LogP contribution < -0.4 is 25.1 Å². The van der Waals surface area contributed by atoms with E-state index in [1.165, 1.54) is 51.6 Å². The summed E-state index contributed by atoms with van der Waals surface area (Å²) < 4.78 is 156. The molecular formula is C50H40F8N6O9S3. The minimum Gasteiger partial charge on any atom is -0.375 e. The number of alkyl halides is 4. The fourth-order valence-corrected chi connectivity index (χ4v) is 12.8. The highest BCUT2D eigenvalue weighted by molar-refractivity contribution is 7.98. The second-order valence-electron chi connectivity index (χ2n) is 17.5. The van der Waals surface area contributed by atoms with Crippen LogP contribution in [-0.2, 0) is 31.1 Å². The minimum absolute atomic E-state index is 0.0232. The van der Waals surface area contributed by atoms with E-state index < -0.39 is 93.2 Å². The summed E-state index contributed by atoms with van der Waals surface area (Å²) in [5, 5.41) is 3.43. The number of nitrogens with zero attached hydrogens (tertiary/aromatic N) is 6. The van der Waals surface area contributed by atoms with E-state index in [-0.39, 0.29) is 66.0 Å². The standard InChI is InChI=1S/C25H18F5N3O6S2.C24H19F2N3O3S.CH3F/c26-16-6-5-13-15(20(16)27)12-40-18-4-2-1-3-14(18)21(13)33-19-11-38-10-9-31(19)24(35)22-23(17(34)7-8-32(22)33)39-41(36,37)25(28,29)30;25-18-6-5-15-17(22(18)26)13-33-20-4-2-1-3-16(20)23(15)29-21-12-32-10-9-27(21)24(31)19-11-14(30)7-8-28(19)29;1-2/h1-8,19,21H,9-12H2;1-8,11,21,23H,9-10,12-13H2;1H3/t19-,21+;21-,23+;/m11./s1/i;;1D. The SMILES string of the molecule is O=C1c2c(OS(=O)(=O)C(F)(F)F)c(=O)ccn2N([C@@H]2c3ccccc3SCc3c2ccc(F)c3F)[C@@H]2COCCN12.O=C1c2cc(=O)ccn2N([C@@H]2c3ccccc3SCc3c2ccc(F)c3F)[C@@H]2COCCN12.[2H]CF. The van der Waals surface area contributed by atoms with Gasteiger partial charge in [0.15, 0.2) is 34.4 Å². The van der Waals surface area contributed by atoms with Crippen LogP contribution in [0.3, 0.4) is 0 Å². The lowest BCUT2D eigenvalue weighted by molar-refractivity contribution is -0.0502. The van der Waals surface area contributed by atoms with Crippen molar-refractivity contribution in [3.8, 4) is 5.75 Å². The van der Waals surface area contributed by atoms with Crippen LogP contribution in [0.1, 0.15) is 67.8 Å². The molecule has 0 saturated carbocycles. The number of benzene rings is 4. The van der Waals surface area contributed by atoms with E-state index in [1.807, 2.05) is 29.3 Å². The summed E-state index contributed by atoms with van der Waals surface area (Å²) in [6.07, 6.45) is 1.24. The number of carbonyl (C=O) groups is 2. The van der Waals surface area contributed by atoms with Gasteiger partial charge in [0, 0.05) is 76.1 Å². The Balaban J connectivity index is 0.000000170. The van der Waals surface area contributed by atoms with Crippen molar-refractivity contribution in [1.29, 1.82) is 0 Å². The van der Waals surface area contributed by atoms with Crippen LogP contribution in [0.4, 0.5) is 35.1 Å². The highest BCUT2D eigenvalue weighted by Crippen LogP contribution is 2.47. The highest BCUT2D eigenvalue weighted by Gasteiger charge is 2.52. The van der Waals surface area contributed by atoms with Crippen molar-refractivity contribution in [2.75, 3.05) is 56.7 Å². The number of aromatic nitrogens is 2. The number of hydrogen-bond acceptors (Lipinski definition) is 13. The Hall–Kier alpha value is -6.87. The lowest BCUT2D eigenvalue weighted by Crippen LogP contribution is -2.66. The fraction of sp³-hybridized carbons (Fsp3) is 0.280. The first-order valence-electron chi connectivity index (χ1n) is 23.6. The van der Waals surface area contributed by atoms with Crippen molar-refractivity contribution < 1.29 is 68.2 Å². The van der Waals surface area contributed by atoms with Gasteiger partial charge in [0.1, 0.15) is 18.0 Å². The first kappa shape index (κ1) is 51.2. The van der Waals surface area contributed by atoms with Crippen LogP contribution in [0.15, 0.2) is 123 Å². The Morgan fingerprint density at radius 3 is 1.67 bits per heavy atom. The Labute approximate surface area is 436 Å². The van der Waals surface area contributed by atoms with Crippen molar-refractivity contribution in [2.24, 2.45) is 0 Å². The van der Waals surface area contributed by atoms with Crippen molar-refractivity contribution in [3.05, 3.63) is 192 Å². The molecule has 398 valence electrons. The van der Waals surface area contributed by atoms with E-state index in [2.05, 4.69) is 4.18 Å². The molecule has 6 aliphatic rings. The van der Waals surface area contributed by atoms with Crippen molar-refractivity contribution in [2.45, 2.75) is 51.2 Å². The topological polar surface area (TPSA) is 153 Å². The third kappa shape index (κ3) is 8.95. The molecular weight excluding hydrogens is 1080 g/mol. The number of ether oxygens (including phenoxy) is 2. The quantitative estimate of drug-likeness (QED) is 0.0983. The molecule has 6 aliphatic heterocycles. The monoisotopic (exact) mass is 1120 g/mol. The lowest BCUT2D eigenvalue weighted by atomic mass is 9.93. The second kappa shape index (κ2) is 20.6. The summed E-state index contributed by atoms with van der Waals surface area (Å²) in [5.74, 6) is -6.16. The molecule has 0 spiro atoms. The summed E-state index contributed by atoms with van der Waals surface area (Å²) in [6.45, 7) is 0.888. The van der Waals surface area contributed by atoms with Gasteiger partial charge in [-0.1, -0.05) is 48.5 Å². The molecule has 0 aliphatic carbocycles. The van der Waals surface area contributed by atoms with Gasteiger partial charge in [0.25, 0.3) is 11.8 Å².